The SMILES string of the molecule is C=CC(C)N(C/C=C/CCC1(c2ccc(F)cc2)CC1)C(C)=O.CC.CC(C)C.N. The zero-order valence-electron chi connectivity index (χ0n) is 20.4. The zero-order chi connectivity index (χ0) is 22.4. The number of hydrogen-bond acceptors (Lipinski definition) is 2. The molecule has 0 spiro atoms. The second-order valence-electron chi connectivity index (χ2n) is 8.18. The van der Waals surface area contributed by atoms with Crippen molar-refractivity contribution in [2.75, 3.05) is 6.54 Å². The second-order valence-corrected chi connectivity index (χ2v) is 8.18. The van der Waals surface area contributed by atoms with Crippen LogP contribution in [-0.4, -0.2) is 23.4 Å². The molecule has 0 aromatic heterocycles. The smallest absolute Gasteiger partial charge is 0.220 e. The highest BCUT2D eigenvalue weighted by Gasteiger charge is 2.43. The van der Waals surface area contributed by atoms with Crippen LogP contribution in [-0.2, 0) is 10.2 Å². The Morgan fingerprint density at radius 1 is 1.13 bits per heavy atom. The van der Waals surface area contributed by atoms with Gasteiger partial charge in [-0.15, -0.1) is 6.58 Å². The van der Waals surface area contributed by atoms with E-state index in [0.717, 1.165) is 18.8 Å². The van der Waals surface area contributed by atoms with E-state index in [1.165, 1.54) is 18.4 Å². The van der Waals surface area contributed by atoms with Crippen molar-refractivity contribution in [2.45, 2.75) is 85.6 Å². The van der Waals surface area contributed by atoms with Crippen molar-refractivity contribution in [2.24, 2.45) is 5.92 Å². The number of nitrogens with zero attached hydrogens (tertiary/aromatic N) is 1. The summed E-state index contributed by atoms with van der Waals surface area (Å²) < 4.78 is 13.0. The fourth-order valence-corrected chi connectivity index (χ4v) is 3.01. The molecular formula is C26H45FN2O. The summed E-state index contributed by atoms with van der Waals surface area (Å²) in [7, 11) is 0. The van der Waals surface area contributed by atoms with E-state index in [1.54, 1.807) is 30.0 Å². The Labute approximate surface area is 185 Å². The van der Waals surface area contributed by atoms with Gasteiger partial charge in [-0.2, -0.15) is 0 Å². The summed E-state index contributed by atoms with van der Waals surface area (Å²) in [5, 5.41) is 0. The number of carbonyl (C=O) groups is 1. The molecule has 0 bridgehead atoms. The van der Waals surface area contributed by atoms with E-state index in [9.17, 15) is 9.18 Å². The number of rotatable bonds is 8. The van der Waals surface area contributed by atoms with Crippen molar-refractivity contribution in [3.05, 3.63) is 60.5 Å². The van der Waals surface area contributed by atoms with E-state index in [-0.39, 0.29) is 29.3 Å². The summed E-state index contributed by atoms with van der Waals surface area (Å²) in [6.45, 7) is 18.4. The van der Waals surface area contributed by atoms with Crippen molar-refractivity contribution >= 4 is 5.91 Å². The predicted octanol–water partition coefficient (Wildman–Crippen LogP) is 7.47. The monoisotopic (exact) mass is 420 g/mol. The van der Waals surface area contributed by atoms with Crippen LogP contribution in [0, 0.1) is 11.7 Å². The Balaban J connectivity index is 0. The molecule has 1 aliphatic rings. The van der Waals surface area contributed by atoms with E-state index in [0.29, 0.717) is 6.54 Å². The minimum absolute atomic E-state index is 0. The third-order valence-electron chi connectivity index (χ3n) is 4.81. The second kappa shape index (κ2) is 15.8. The lowest BCUT2D eigenvalue weighted by molar-refractivity contribution is -0.129. The average Bonchev–Trinajstić information content (AvgIpc) is 3.46. The summed E-state index contributed by atoms with van der Waals surface area (Å²) in [6.07, 6.45) is 10.4. The largest absolute Gasteiger partial charge is 0.344 e. The molecule has 1 aliphatic carbocycles. The van der Waals surface area contributed by atoms with Crippen LogP contribution in [0.5, 0.6) is 0 Å². The predicted molar refractivity (Wildman–Crippen MR) is 130 cm³/mol. The quantitative estimate of drug-likeness (QED) is 0.443. The van der Waals surface area contributed by atoms with Gasteiger partial charge >= 0.3 is 0 Å². The van der Waals surface area contributed by atoms with Crippen LogP contribution in [0.2, 0.25) is 0 Å². The Bertz CT molecular complexity index is 616. The van der Waals surface area contributed by atoms with Crippen molar-refractivity contribution in [1.29, 1.82) is 0 Å². The van der Waals surface area contributed by atoms with Gasteiger partial charge in [-0.1, -0.05) is 65.0 Å². The number of carbonyl (C=O) groups excluding carboxylic acids is 1. The normalized spacial score (nSPS) is 14.4. The lowest BCUT2D eigenvalue weighted by Crippen LogP contribution is -2.35. The first-order valence-electron chi connectivity index (χ1n) is 11.0. The molecule has 2 rings (SSSR count). The Kier molecular flexibility index (Phi) is 16.0. The van der Waals surface area contributed by atoms with Gasteiger partial charge in [0.25, 0.3) is 0 Å². The topological polar surface area (TPSA) is 55.3 Å². The van der Waals surface area contributed by atoms with Crippen molar-refractivity contribution < 1.29 is 9.18 Å². The molecule has 3 N–H and O–H groups in total. The molecule has 3 nitrogen and oxygen atoms in total. The Morgan fingerprint density at radius 3 is 2.03 bits per heavy atom. The molecule has 1 atom stereocenters. The number of allylic oxidation sites excluding steroid dienone is 1. The van der Waals surface area contributed by atoms with Crippen molar-refractivity contribution in [3.63, 3.8) is 0 Å². The summed E-state index contributed by atoms with van der Waals surface area (Å²) in [5.74, 6) is 0.720. The van der Waals surface area contributed by atoms with Crippen LogP contribution in [0.4, 0.5) is 4.39 Å². The van der Waals surface area contributed by atoms with E-state index >= 15 is 0 Å². The van der Waals surface area contributed by atoms with Crippen LogP contribution in [0.3, 0.4) is 0 Å². The van der Waals surface area contributed by atoms with Crippen LogP contribution in [0.1, 0.15) is 79.7 Å². The third-order valence-corrected chi connectivity index (χ3v) is 4.81. The number of benzene rings is 1. The fraction of sp³-hybridized carbons (Fsp3) is 0.577. The highest BCUT2D eigenvalue weighted by atomic mass is 19.1. The summed E-state index contributed by atoms with van der Waals surface area (Å²) in [5.41, 5.74) is 1.49. The van der Waals surface area contributed by atoms with Gasteiger partial charge in [0.2, 0.25) is 5.91 Å². The first-order valence-corrected chi connectivity index (χ1v) is 11.0. The minimum Gasteiger partial charge on any atom is -0.344 e. The van der Waals surface area contributed by atoms with Gasteiger partial charge in [0, 0.05) is 19.5 Å². The van der Waals surface area contributed by atoms with Gasteiger partial charge < -0.3 is 11.1 Å². The average molecular weight is 421 g/mol. The van der Waals surface area contributed by atoms with Crippen LogP contribution >= 0.6 is 0 Å². The summed E-state index contributed by atoms with van der Waals surface area (Å²) in [4.78, 5) is 13.4. The van der Waals surface area contributed by atoms with Gasteiger partial charge in [0.1, 0.15) is 5.82 Å². The van der Waals surface area contributed by atoms with Crippen molar-refractivity contribution in [3.8, 4) is 0 Å². The molecular weight excluding hydrogens is 375 g/mol. The van der Waals surface area contributed by atoms with Crippen LogP contribution < -0.4 is 6.15 Å². The van der Waals surface area contributed by atoms with Crippen LogP contribution in [0.25, 0.3) is 0 Å². The highest BCUT2D eigenvalue weighted by molar-refractivity contribution is 5.74. The molecule has 1 aromatic rings. The molecule has 1 fully saturated rings. The molecule has 0 aliphatic heterocycles. The third kappa shape index (κ3) is 11.3. The molecule has 4 heteroatoms. The first-order chi connectivity index (χ1) is 13.7. The van der Waals surface area contributed by atoms with Gasteiger partial charge in [-0.05, 0) is 61.6 Å². The van der Waals surface area contributed by atoms with Gasteiger partial charge in [-0.25, -0.2) is 4.39 Å². The molecule has 172 valence electrons. The zero-order valence-corrected chi connectivity index (χ0v) is 20.4. The first kappa shape index (κ1) is 30.3. The molecule has 0 heterocycles. The molecule has 1 aromatic carbocycles. The number of halogens is 1. The minimum atomic E-state index is -0.176. The van der Waals surface area contributed by atoms with E-state index in [4.69, 9.17) is 0 Å². The lowest BCUT2D eigenvalue weighted by atomic mass is 9.91. The maximum absolute atomic E-state index is 13.0. The summed E-state index contributed by atoms with van der Waals surface area (Å²) >= 11 is 0. The van der Waals surface area contributed by atoms with Crippen LogP contribution in [0.15, 0.2) is 49.1 Å². The Hall–Kier alpha value is -1.94. The summed E-state index contributed by atoms with van der Waals surface area (Å²) in [6, 6.07) is 6.97. The molecule has 1 unspecified atom stereocenters. The lowest BCUT2D eigenvalue weighted by Gasteiger charge is -2.24. The van der Waals surface area contributed by atoms with E-state index in [2.05, 4.69) is 39.5 Å². The number of amides is 1. The fourth-order valence-electron chi connectivity index (χ4n) is 3.01. The standard InChI is InChI=1S/C20H26FNO.C4H10.C2H6.H3N/c1-4-16(2)22(17(3)23)15-7-5-6-12-20(13-14-20)18-8-10-19(21)11-9-18;1-4(2)3;1-2;/h4-5,7-11,16H,1,6,12-15H2,2-3H3;4H,1-3H3;1-2H3;1H3/b7-5+;;;. The molecule has 1 saturated carbocycles. The van der Waals surface area contributed by atoms with E-state index in [1.807, 2.05) is 32.9 Å². The maximum atomic E-state index is 13.0. The number of hydrogen-bond donors (Lipinski definition) is 1. The van der Waals surface area contributed by atoms with Gasteiger partial charge in [0.05, 0.1) is 0 Å². The van der Waals surface area contributed by atoms with Gasteiger partial charge in [-0.3, -0.25) is 4.79 Å². The Morgan fingerprint density at radius 2 is 1.63 bits per heavy atom. The van der Waals surface area contributed by atoms with E-state index < -0.39 is 0 Å². The highest BCUT2D eigenvalue weighted by Crippen LogP contribution is 2.51. The molecule has 0 radical (unpaired) electrons. The molecule has 1 amide bonds. The van der Waals surface area contributed by atoms with Gasteiger partial charge in [0.15, 0.2) is 0 Å². The molecule has 30 heavy (non-hydrogen) atoms. The maximum Gasteiger partial charge on any atom is 0.220 e. The molecule has 0 saturated heterocycles. The van der Waals surface area contributed by atoms with Crippen molar-refractivity contribution in [1.82, 2.24) is 11.1 Å².